The van der Waals surface area contributed by atoms with Gasteiger partial charge in [0.05, 0.1) is 0 Å². The molecule has 0 bridgehead atoms. The highest BCUT2D eigenvalue weighted by atomic mass is 16.5. The summed E-state index contributed by atoms with van der Waals surface area (Å²) in [4.78, 5) is 18.6. The van der Waals surface area contributed by atoms with E-state index in [1.807, 2.05) is 18.7 Å². The van der Waals surface area contributed by atoms with E-state index in [0.29, 0.717) is 11.7 Å². The number of likely N-dealkylation sites (tertiary alicyclic amines) is 1. The zero-order valence-corrected chi connectivity index (χ0v) is 13.3. The smallest absolute Gasteiger partial charge is 0.318 e. The zero-order chi connectivity index (χ0) is 15.2. The summed E-state index contributed by atoms with van der Waals surface area (Å²) >= 11 is 0. The average molecular weight is 294 g/mol. The van der Waals surface area contributed by atoms with Crippen LogP contribution in [0.5, 0.6) is 0 Å². The quantitative estimate of drug-likeness (QED) is 0.846. The Morgan fingerprint density at radius 3 is 2.95 bits per heavy atom. The molecule has 0 aromatic carbocycles. The predicted octanol–water partition coefficient (Wildman–Crippen LogP) is 3.23. The standard InChI is InChI=1S/C15H26N4O2/c1-4-5-9-16-15(20)19-10-7-6-8-12(19)14-17-13(11(2)3)18-21-14/h11-12H,4-10H2,1-3H3,(H,16,20). The number of piperidine rings is 1. The van der Waals surface area contributed by atoms with Gasteiger partial charge < -0.3 is 14.7 Å². The SMILES string of the molecule is CCCCNC(=O)N1CCCCC1c1nc(C(C)C)no1. The Balaban J connectivity index is 2.05. The van der Waals surface area contributed by atoms with Gasteiger partial charge in [-0.05, 0) is 25.7 Å². The van der Waals surface area contributed by atoms with Crippen LogP contribution in [0.25, 0.3) is 0 Å². The molecule has 1 aromatic heterocycles. The Bertz CT molecular complexity index is 458. The van der Waals surface area contributed by atoms with E-state index < -0.39 is 0 Å². The van der Waals surface area contributed by atoms with Crippen LogP contribution >= 0.6 is 0 Å². The second kappa shape index (κ2) is 7.43. The monoisotopic (exact) mass is 294 g/mol. The van der Waals surface area contributed by atoms with Crippen LogP contribution in [0.4, 0.5) is 4.79 Å². The van der Waals surface area contributed by atoms with Gasteiger partial charge in [0.1, 0.15) is 6.04 Å². The van der Waals surface area contributed by atoms with Crippen molar-refractivity contribution in [1.82, 2.24) is 20.4 Å². The van der Waals surface area contributed by atoms with Crippen molar-refractivity contribution in [3.8, 4) is 0 Å². The molecule has 1 aliphatic rings. The molecular formula is C15H26N4O2. The normalized spacial score (nSPS) is 19.0. The summed E-state index contributed by atoms with van der Waals surface area (Å²) in [6.07, 6.45) is 5.08. The highest BCUT2D eigenvalue weighted by Crippen LogP contribution is 2.30. The van der Waals surface area contributed by atoms with E-state index in [1.165, 1.54) is 0 Å². The second-order valence-corrected chi connectivity index (χ2v) is 5.94. The molecule has 1 aliphatic heterocycles. The molecule has 21 heavy (non-hydrogen) atoms. The van der Waals surface area contributed by atoms with Gasteiger partial charge >= 0.3 is 6.03 Å². The molecule has 1 atom stereocenters. The highest BCUT2D eigenvalue weighted by Gasteiger charge is 2.32. The summed E-state index contributed by atoms with van der Waals surface area (Å²) in [5.41, 5.74) is 0. The van der Waals surface area contributed by atoms with Gasteiger partial charge in [-0.15, -0.1) is 0 Å². The number of unbranched alkanes of at least 4 members (excludes halogenated alkanes) is 1. The van der Waals surface area contributed by atoms with Crippen LogP contribution in [0.1, 0.15) is 76.6 Å². The first-order chi connectivity index (χ1) is 10.1. The topological polar surface area (TPSA) is 71.3 Å². The minimum absolute atomic E-state index is 0.0163. The van der Waals surface area contributed by atoms with Crippen molar-refractivity contribution < 1.29 is 9.32 Å². The third-order valence-corrected chi connectivity index (χ3v) is 3.83. The van der Waals surface area contributed by atoms with E-state index in [0.717, 1.165) is 45.2 Å². The average Bonchev–Trinajstić information content (AvgIpc) is 2.97. The number of nitrogens with one attached hydrogen (secondary N) is 1. The first-order valence-corrected chi connectivity index (χ1v) is 8.01. The summed E-state index contributed by atoms with van der Waals surface area (Å²) in [7, 11) is 0. The number of carbonyl (C=O) groups is 1. The maximum atomic E-state index is 12.3. The lowest BCUT2D eigenvalue weighted by Gasteiger charge is -2.33. The van der Waals surface area contributed by atoms with E-state index >= 15 is 0 Å². The van der Waals surface area contributed by atoms with Gasteiger partial charge in [0, 0.05) is 19.0 Å². The van der Waals surface area contributed by atoms with Gasteiger partial charge in [0.15, 0.2) is 5.82 Å². The number of amides is 2. The van der Waals surface area contributed by atoms with Crippen LogP contribution in [-0.4, -0.2) is 34.2 Å². The Kier molecular flexibility index (Phi) is 5.59. The number of rotatable bonds is 5. The fourth-order valence-electron chi connectivity index (χ4n) is 2.52. The van der Waals surface area contributed by atoms with Crippen LogP contribution in [0, 0.1) is 0 Å². The van der Waals surface area contributed by atoms with Crippen LogP contribution < -0.4 is 5.32 Å². The Morgan fingerprint density at radius 1 is 1.48 bits per heavy atom. The summed E-state index contributed by atoms with van der Waals surface area (Å²) in [5, 5.41) is 7.00. The van der Waals surface area contributed by atoms with Crippen molar-refractivity contribution in [1.29, 1.82) is 0 Å². The van der Waals surface area contributed by atoms with Gasteiger partial charge in [0.2, 0.25) is 5.89 Å². The molecule has 2 amide bonds. The molecule has 0 saturated carbocycles. The minimum atomic E-state index is -0.0830. The Hall–Kier alpha value is -1.59. The maximum Gasteiger partial charge on any atom is 0.318 e. The van der Waals surface area contributed by atoms with Crippen molar-refractivity contribution in [2.45, 2.75) is 64.8 Å². The molecule has 0 aliphatic carbocycles. The summed E-state index contributed by atoms with van der Waals surface area (Å²) in [6.45, 7) is 7.65. The van der Waals surface area contributed by atoms with E-state index in [2.05, 4.69) is 22.4 Å². The lowest BCUT2D eigenvalue weighted by molar-refractivity contribution is 0.132. The number of hydrogen-bond acceptors (Lipinski definition) is 4. The fraction of sp³-hybridized carbons (Fsp3) is 0.800. The molecule has 2 rings (SSSR count). The third kappa shape index (κ3) is 3.95. The lowest BCUT2D eigenvalue weighted by atomic mass is 10.0. The molecular weight excluding hydrogens is 268 g/mol. The van der Waals surface area contributed by atoms with E-state index in [4.69, 9.17) is 4.52 Å². The molecule has 0 spiro atoms. The van der Waals surface area contributed by atoms with Crippen molar-refractivity contribution in [2.75, 3.05) is 13.1 Å². The molecule has 1 saturated heterocycles. The predicted molar refractivity (Wildman–Crippen MR) is 80.0 cm³/mol. The molecule has 0 radical (unpaired) electrons. The van der Waals surface area contributed by atoms with Crippen LogP contribution in [0.15, 0.2) is 4.52 Å². The van der Waals surface area contributed by atoms with Crippen molar-refractivity contribution in [3.63, 3.8) is 0 Å². The van der Waals surface area contributed by atoms with Gasteiger partial charge in [-0.25, -0.2) is 4.79 Å². The number of aromatic nitrogens is 2. The lowest BCUT2D eigenvalue weighted by Crippen LogP contribution is -2.45. The van der Waals surface area contributed by atoms with Crippen LogP contribution in [0.2, 0.25) is 0 Å². The van der Waals surface area contributed by atoms with E-state index in [9.17, 15) is 4.79 Å². The highest BCUT2D eigenvalue weighted by molar-refractivity contribution is 5.74. The molecule has 1 unspecified atom stereocenters. The van der Waals surface area contributed by atoms with Gasteiger partial charge in [-0.3, -0.25) is 0 Å². The molecule has 1 N–H and O–H groups in total. The van der Waals surface area contributed by atoms with Gasteiger partial charge in [-0.2, -0.15) is 4.98 Å². The number of nitrogens with zero attached hydrogens (tertiary/aromatic N) is 3. The van der Waals surface area contributed by atoms with Crippen molar-refractivity contribution in [2.24, 2.45) is 0 Å². The van der Waals surface area contributed by atoms with Gasteiger partial charge in [0.25, 0.3) is 0 Å². The van der Waals surface area contributed by atoms with E-state index in [-0.39, 0.29) is 18.0 Å². The third-order valence-electron chi connectivity index (χ3n) is 3.83. The Labute approximate surface area is 126 Å². The minimum Gasteiger partial charge on any atom is -0.338 e. The molecule has 118 valence electrons. The van der Waals surface area contributed by atoms with Crippen LogP contribution in [-0.2, 0) is 0 Å². The largest absolute Gasteiger partial charge is 0.338 e. The zero-order valence-electron chi connectivity index (χ0n) is 13.3. The molecule has 1 fully saturated rings. The van der Waals surface area contributed by atoms with Gasteiger partial charge in [-0.1, -0.05) is 32.3 Å². The molecule has 6 heteroatoms. The van der Waals surface area contributed by atoms with Crippen molar-refractivity contribution in [3.05, 3.63) is 11.7 Å². The Morgan fingerprint density at radius 2 is 2.29 bits per heavy atom. The maximum absolute atomic E-state index is 12.3. The summed E-state index contributed by atoms with van der Waals surface area (Å²) in [5.74, 6) is 1.52. The summed E-state index contributed by atoms with van der Waals surface area (Å²) < 4.78 is 5.39. The fourth-order valence-corrected chi connectivity index (χ4v) is 2.52. The first-order valence-electron chi connectivity index (χ1n) is 8.01. The number of urea groups is 1. The van der Waals surface area contributed by atoms with Crippen molar-refractivity contribution >= 4 is 6.03 Å². The second-order valence-electron chi connectivity index (χ2n) is 5.94. The van der Waals surface area contributed by atoms with E-state index in [1.54, 1.807) is 0 Å². The molecule has 1 aromatic rings. The summed E-state index contributed by atoms with van der Waals surface area (Å²) in [6, 6.07) is -0.0992. The number of carbonyl (C=O) groups excluding carboxylic acids is 1. The molecule has 6 nitrogen and oxygen atoms in total. The molecule has 2 heterocycles. The van der Waals surface area contributed by atoms with Crippen LogP contribution in [0.3, 0.4) is 0 Å². The number of hydrogen-bond donors (Lipinski definition) is 1. The first kappa shape index (κ1) is 15.8.